The maximum atomic E-state index is 10.6. The van der Waals surface area contributed by atoms with Crippen molar-refractivity contribution in [1.82, 2.24) is 0 Å². The fraction of sp³-hybridized carbons (Fsp3) is 0.857. The lowest BCUT2D eigenvalue weighted by Gasteiger charge is -2.17. The van der Waals surface area contributed by atoms with Crippen molar-refractivity contribution >= 4 is 17.7 Å². The van der Waals surface area contributed by atoms with Crippen molar-refractivity contribution < 1.29 is 14.6 Å². The van der Waals surface area contributed by atoms with Gasteiger partial charge in [0.1, 0.15) is 4.75 Å². The highest BCUT2D eigenvalue weighted by Crippen LogP contribution is 2.23. The van der Waals surface area contributed by atoms with Gasteiger partial charge in [-0.2, -0.15) is 0 Å². The van der Waals surface area contributed by atoms with Crippen LogP contribution < -0.4 is 0 Å². The van der Waals surface area contributed by atoms with Gasteiger partial charge in [0, 0.05) is 12.9 Å². The van der Waals surface area contributed by atoms with Gasteiger partial charge in [0.15, 0.2) is 0 Å². The van der Waals surface area contributed by atoms with Gasteiger partial charge in [0.05, 0.1) is 6.61 Å². The van der Waals surface area contributed by atoms with Crippen molar-refractivity contribution in [3.63, 3.8) is 0 Å². The monoisotopic (exact) mass is 178 g/mol. The highest BCUT2D eigenvalue weighted by atomic mass is 32.2. The molecule has 0 aromatic heterocycles. The summed E-state index contributed by atoms with van der Waals surface area (Å²) in [5.74, 6) is -0.0610. The van der Waals surface area contributed by atoms with Crippen LogP contribution in [0, 0.1) is 0 Å². The van der Waals surface area contributed by atoms with Gasteiger partial charge in [0.25, 0.3) is 0 Å². The van der Waals surface area contributed by atoms with Crippen molar-refractivity contribution in [2.24, 2.45) is 0 Å². The van der Waals surface area contributed by atoms with Gasteiger partial charge < -0.3 is 9.84 Å². The van der Waals surface area contributed by atoms with E-state index in [0.717, 1.165) is 5.75 Å². The molecule has 0 unspecified atom stereocenters. The average molecular weight is 178 g/mol. The minimum absolute atomic E-state index is 0.599. The standard InChI is InChI=1S/C7H14O3S/c1-7(2,6(8)9)11-5-4-10-3/h4-5H2,1-3H3,(H,8,9). The zero-order valence-electron chi connectivity index (χ0n) is 7.09. The molecule has 3 nitrogen and oxygen atoms in total. The molecular weight excluding hydrogens is 164 g/mol. The van der Waals surface area contributed by atoms with Gasteiger partial charge in [-0.05, 0) is 13.8 Å². The SMILES string of the molecule is COCCSC(C)(C)C(=O)O. The molecule has 0 aliphatic carbocycles. The molecule has 0 saturated carbocycles. The molecule has 0 radical (unpaired) electrons. The Morgan fingerprint density at radius 2 is 2.18 bits per heavy atom. The summed E-state index contributed by atoms with van der Waals surface area (Å²) >= 11 is 1.39. The van der Waals surface area contributed by atoms with Crippen molar-refractivity contribution in [3.8, 4) is 0 Å². The lowest BCUT2D eigenvalue weighted by atomic mass is 10.2. The molecule has 0 fully saturated rings. The predicted molar refractivity (Wildman–Crippen MR) is 46.0 cm³/mol. The van der Waals surface area contributed by atoms with Crippen LogP contribution in [0.3, 0.4) is 0 Å². The predicted octanol–water partition coefficient (Wildman–Crippen LogP) is 1.23. The lowest BCUT2D eigenvalue weighted by Crippen LogP contribution is -2.28. The van der Waals surface area contributed by atoms with Crippen LogP contribution >= 0.6 is 11.8 Å². The molecule has 0 aromatic rings. The molecule has 0 spiro atoms. The Balaban J connectivity index is 3.64. The van der Waals surface area contributed by atoms with E-state index in [0.29, 0.717) is 6.61 Å². The van der Waals surface area contributed by atoms with Gasteiger partial charge in [0.2, 0.25) is 0 Å². The Hall–Kier alpha value is -0.220. The highest BCUT2D eigenvalue weighted by Gasteiger charge is 2.26. The minimum Gasteiger partial charge on any atom is -0.480 e. The van der Waals surface area contributed by atoms with E-state index in [-0.39, 0.29) is 0 Å². The summed E-state index contributed by atoms with van der Waals surface area (Å²) in [7, 11) is 1.61. The number of carbonyl (C=O) groups is 1. The summed E-state index contributed by atoms with van der Waals surface area (Å²) in [6, 6.07) is 0. The number of aliphatic carboxylic acids is 1. The Morgan fingerprint density at radius 3 is 2.55 bits per heavy atom. The molecular formula is C7H14O3S. The van der Waals surface area contributed by atoms with Crippen LogP contribution in [-0.2, 0) is 9.53 Å². The molecule has 0 aliphatic heterocycles. The summed E-state index contributed by atoms with van der Waals surface area (Å²) in [6.07, 6.45) is 0. The molecule has 0 bridgehead atoms. The van der Waals surface area contributed by atoms with Gasteiger partial charge in [-0.15, -0.1) is 11.8 Å². The van der Waals surface area contributed by atoms with E-state index in [4.69, 9.17) is 9.84 Å². The zero-order chi connectivity index (χ0) is 8.91. The fourth-order valence-corrected chi connectivity index (χ4v) is 1.33. The van der Waals surface area contributed by atoms with Crippen molar-refractivity contribution in [2.75, 3.05) is 19.5 Å². The number of carboxylic acid groups (broad SMARTS) is 1. The van der Waals surface area contributed by atoms with Crippen molar-refractivity contribution in [2.45, 2.75) is 18.6 Å². The molecule has 0 aromatic carbocycles. The largest absolute Gasteiger partial charge is 0.480 e. The Morgan fingerprint density at radius 1 is 1.64 bits per heavy atom. The third-order valence-corrected chi connectivity index (χ3v) is 2.53. The van der Waals surface area contributed by atoms with E-state index in [1.807, 2.05) is 0 Å². The van der Waals surface area contributed by atoms with E-state index in [1.54, 1.807) is 21.0 Å². The second-order valence-corrected chi connectivity index (χ2v) is 4.37. The van der Waals surface area contributed by atoms with Crippen molar-refractivity contribution in [1.29, 1.82) is 0 Å². The van der Waals surface area contributed by atoms with Crippen LogP contribution in [-0.4, -0.2) is 35.3 Å². The zero-order valence-corrected chi connectivity index (χ0v) is 7.90. The third-order valence-electron chi connectivity index (χ3n) is 1.27. The first-order valence-corrected chi connectivity index (χ1v) is 4.35. The summed E-state index contributed by atoms with van der Waals surface area (Å²) in [5, 5.41) is 8.68. The second-order valence-electron chi connectivity index (χ2n) is 2.66. The number of carboxylic acids is 1. The fourth-order valence-electron chi connectivity index (χ4n) is 0.442. The quantitative estimate of drug-likeness (QED) is 0.643. The Labute approximate surface area is 71.1 Å². The maximum absolute atomic E-state index is 10.6. The van der Waals surface area contributed by atoms with Crippen LogP contribution in [0.2, 0.25) is 0 Å². The van der Waals surface area contributed by atoms with Gasteiger partial charge >= 0.3 is 5.97 Å². The molecule has 0 heterocycles. The Bertz CT molecular complexity index is 134. The van der Waals surface area contributed by atoms with Crippen LogP contribution in [0.15, 0.2) is 0 Å². The summed E-state index contributed by atoms with van der Waals surface area (Å²) < 4.78 is 4.11. The first kappa shape index (κ1) is 10.8. The topological polar surface area (TPSA) is 46.5 Å². The molecule has 0 rings (SSSR count). The van der Waals surface area contributed by atoms with Gasteiger partial charge in [-0.1, -0.05) is 0 Å². The van der Waals surface area contributed by atoms with Crippen LogP contribution in [0.4, 0.5) is 0 Å². The van der Waals surface area contributed by atoms with E-state index in [1.165, 1.54) is 11.8 Å². The van der Waals surface area contributed by atoms with Crippen LogP contribution in [0.5, 0.6) is 0 Å². The van der Waals surface area contributed by atoms with E-state index < -0.39 is 10.7 Å². The summed E-state index contributed by atoms with van der Waals surface area (Å²) in [5.41, 5.74) is 0. The van der Waals surface area contributed by atoms with E-state index >= 15 is 0 Å². The number of thioether (sulfide) groups is 1. The van der Waals surface area contributed by atoms with Crippen LogP contribution in [0.25, 0.3) is 0 Å². The molecule has 66 valence electrons. The average Bonchev–Trinajstić information content (AvgIpc) is 1.88. The number of hydrogen-bond donors (Lipinski definition) is 1. The number of ether oxygens (including phenoxy) is 1. The maximum Gasteiger partial charge on any atom is 0.319 e. The first-order valence-electron chi connectivity index (χ1n) is 3.37. The third kappa shape index (κ3) is 4.27. The molecule has 0 saturated heterocycles. The van der Waals surface area contributed by atoms with E-state index in [2.05, 4.69) is 0 Å². The molecule has 1 N–H and O–H groups in total. The number of hydrogen-bond acceptors (Lipinski definition) is 3. The highest BCUT2D eigenvalue weighted by molar-refractivity contribution is 8.01. The van der Waals surface area contributed by atoms with Crippen molar-refractivity contribution in [3.05, 3.63) is 0 Å². The normalized spacial score (nSPS) is 11.5. The smallest absolute Gasteiger partial charge is 0.319 e. The van der Waals surface area contributed by atoms with E-state index in [9.17, 15) is 4.79 Å². The number of rotatable bonds is 5. The second kappa shape index (κ2) is 4.62. The van der Waals surface area contributed by atoms with Crippen LogP contribution in [0.1, 0.15) is 13.8 Å². The molecule has 0 atom stereocenters. The first-order chi connectivity index (χ1) is 5.00. The van der Waals surface area contributed by atoms with Gasteiger partial charge in [-0.3, -0.25) is 4.79 Å². The Kier molecular flexibility index (Phi) is 4.52. The summed E-state index contributed by atoms with van der Waals surface area (Å²) in [6.45, 7) is 3.98. The minimum atomic E-state index is -0.779. The molecule has 0 amide bonds. The molecule has 0 aliphatic rings. The lowest BCUT2D eigenvalue weighted by molar-refractivity contribution is -0.138. The summed E-state index contributed by atoms with van der Waals surface area (Å²) in [4.78, 5) is 10.6. The molecule has 11 heavy (non-hydrogen) atoms. The molecule has 4 heteroatoms. The van der Waals surface area contributed by atoms with Gasteiger partial charge in [-0.25, -0.2) is 0 Å². The number of methoxy groups -OCH3 is 1.